The first-order chi connectivity index (χ1) is 13.0. The average Bonchev–Trinajstić information content (AvgIpc) is 3.08. The number of amides is 1. The first-order valence-corrected chi connectivity index (χ1v) is 9.94. The molecule has 0 aliphatic carbocycles. The first kappa shape index (κ1) is 19.8. The molecule has 0 radical (unpaired) electrons. The van der Waals surface area contributed by atoms with Crippen molar-refractivity contribution in [2.45, 2.75) is 51.2 Å². The zero-order valence-electron chi connectivity index (χ0n) is 16.5. The number of pyridine rings is 1. The number of nitrogens with zero attached hydrogens (tertiary/aromatic N) is 2. The molecule has 0 aromatic carbocycles. The van der Waals surface area contributed by atoms with Crippen LogP contribution in [0.2, 0.25) is 0 Å². The molecule has 3 rings (SSSR count). The number of aromatic nitrogens is 1. The molecular formula is C22H31N3O2. The number of allylic oxidation sites excluding steroid dienone is 1. The van der Waals surface area contributed by atoms with Crippen LogP contribution in [0.25, 0.3) is 6.08 Å². The van der Waals surface area contributed by atoms with E-state index >= 15 is 0 Å². The minimum absolute atomic E-state index is 0.0315. The summed E-state index contributed by atoms with van der Waals surface area (Å²) in [6.07, 6.45) is 13.6. The molecule has 1 spiro atoms. The molecule has 2 fully saturated rings. The van der Waals surface area contributed by atoms with Crippen LogP contribution < -0.4 is 5.32 Å². The first-order valence-electron chi connectivity index (χ1n) is 9.94. The van der Waals surface area contributed by atoms with E-state index in [1.807, 2.05) is 12.1 Å². The van der Waals surface area contributed by atoms with E-state index in [0.717, 1.165) is 50.9 Å². The van der Waals surface area contributed by atoms with Crippen LogP contribution in [0.1, 0.15) is 45.1 Å². The molecule has 146 valence electrons. The number of nitrogens with one attached hydrogen (secondary N) is 1. The Morgan fingerprint density at radius 2 is 2.04 bits per heavy atom. The minimum Gasteiger partial charge on any atom is -0.370 e. The van der Waals surface area contributed by atoms with E-state index in [-0.39, 0.29) is 17.6 Å². The normalized spacial score (nSPS) is 22.2. The van der Waals surface area contributed by atoms with E-state index < -0.39 is 0 Å². The van der Waals surface area contributed by atoms with E-state index in [2.05, 4.69) is 35.1 Å². The summed E-state index contributed by atoms with van der Waals surface area (Å²) in [6, 6.07) is 3.75. The number of hydrogen-bond donors (Lipinski definition) is 1. The van der Waals surface area contributed by atoms with Crippen molar-refractivity contribution in [1.29, 1.82) is 0 Å². The van der Waals surface area contributed by atoms with E-state index in [9.17, 15) is 4.79 Å². The third kappa shape index (κ3) is 6.01. The molecule has 2 aliphatic heterocycles. The van der Waals surface area contributed by atoms with Crippen LogP contribution in [0.3, 0.4) is 0 Å². The van der Waals surface area contributed by atoms with Gasteiger partial charge in [0.2, 0.25) is 5.91 Å². The fraction of sp³-hybridized carbons (Fsp3) is 0.545. The summed E-state index contributed by atoms with van der Waals surface area (Å²) in [5.41, 5.74) is 2.38. The highest BCUT2D eigenvalue weighted by atomic mass is 16.5. The predicted octanol–water partition coefficient (Wildman–Crippen LogP) is 3.19. The highest BCUT2D eigenvalue weighted by molar-refractivity contribution is 5.91. The Labute approximate surface area is 162 Å². The van der Waals surface area contributed by atoms with Crippen LogP contribution in [0.15, 0.2) is 42.3 Å². The SMILES string of the molecule is CC(C)=CCN1CCC2(CC[C@@H](CNC(=O)/C=C/c3ccncc3)O2)CC1. The van der Waals surface area contributed by atoms with Gasteiger partial charge in [-0.15, -0.1) is 0 Å². The van der Waals surface area contributed by atoms with Crippen molar-refractivity contribution in [2.75, 3.05) is 26.2 Å². The van der Waals surface area contributed by atoms with E-state index in [1.165, 1.54) is 5.57 Å². The smallest absolute Gasteiger partial charge is 0.244 e. The number of likely N-dealkylation sites (tertiary alicyclic amines) is 1. The molecule has 2 aliphatic rings. The van der Waals surface area contributed by atoms with E-state index in [4.69, 9.17) is 4.74 Å². The Morgan fingerprint density at radius 1 is 1.30 bits per heavy atom. The van der Waals surface area contributed by atoms with Gasteiger partial charge in [0, 0.05) is 44.6 Å². The summed E-state index contributed by atoms with van der Waals surface area (Å²) in [5.74, 6) is -0.0760. The molecule has 5 heteroatoms. The van der Waals surface area contributed by atoms with Gasteiger partial charge in [0.1, 0.15) is 0 Å². The average molecular weight is 370 g/mol. The summed E-state index contributed by atoms with van der Waals surface area (Å²) >= 11 is 0. The Hall–Kier alpha value is -1.98. The molecule has 1 aromatic heterocycles. The van der Waals surface area contributed by atoms with Gasteiger partial charge in [0.15, 0.2) is 0 Å². The lowest BCUT2D eigenvalue weighted by Gasteiger charge is -2.39. The maximum atomic E-state index is 12.0. The molecule has 2 saturated heterocycles. The maximum Gasteiger partial charge on any atom is 0.244 e. The molecule has 1 aromatic rings. The van der Waals surface area contributed by atoms with Crippen molar-refractivity contribution < 1.29 is 9.53 Å². The van der Waals surface area contributed by atoms with Crippen molar-refractivity contribution in [3.63, 3.8) is 0 Å². The van der Waals surface area contributed by atoms with Gasteiger partial charge in [-0.2, -0.15) is 0 Å². The number of carbonyl (C=O) groups excluding carboxylic acids is 1. The summed E-state index contributed by atoms with van der Waals surface area (Å²) in [6.45, 7) is 8.12. The van der Waals surface area contributed by atoms with Gasteiger partial charge in [-0.25, -0.2) is 0 Å². The Morgan fingerprint density at radius 3 is 2.74 bits per heavy atom. The Bertz CT molecular complexity index is 672. The fourth-order valence-electron chi connectivity index (χ4n) is 3.78. The molecule has 1 amide bonds. The number of piperidine rings is 1. The quantitative estimate of drug-likeness (QED) is 0.618. The summed E-state index contributed by atoms with van der Waals surface area (Å²) in [4.78, 5) is 18.5. The van der Waals surface area contributed by atoms with Gasteiger partial charge in [-0.1, -0.05) is 11.6 Å². The van der Waals surface area contributed by atoms with E-state index in [0.29, 0.717) is 6.54 Å². The molecule has 0 saturated carbocycles. The molecule has 1 N–H and O–H groups in total. The third-order valence-corrected chi connectivity index (χ3v) is 5.50. The van der Waals surface area contributed by atoms with Gasteiger partial charge in [0.05, 0.1) is 11.7 Å². The maximum absolute atomic E-state index is 12.0. The van der Waals surface area contributed by atoms with Crippen LogP contribution in [-0.2, 0) is 9.53 Å². The van der Waals surface area contributed by atoms with Gasteiger partial charge in [0.25, 0.3) is 0 Å². The monoisotopic (exact) mass is 369 g/mol. The fourth-order valence-corrected chi connectivity index (χ4v) is 3.78. The van der Waals surface area contributed by atoms with Crippen molar-refractivity contribution in [2.24, 2.45) is 0 Å². The van der Waals surface area contributed by atoms with E-state index in [1.54, 1.807) is 24.5 Å². The number of hydrogen-bond acceptors (Lipinski definition) is 4. The molecule has 3 heterocycles. The highest BCUT2D eigenvalue weighted by Crippen LogP contribution is 2.38. The predicted molar refractivity (Wildman–Crippen MR) is 108 cm³/mol. The van der Waals surface area contributed by atoms with Gasteiger partial charge in [-0.05, 0) is 63.3 Å². The Kier molecular flexibility index (Phi) is 6.80. The van der Waals surface area contributed by atoms with Gasteiger partial charge in [-0.3, -0.25) is 14.7 Å². The van der Waals surface area contributed by atoms with Crippen LogP contribution in [0.4, 0.5) is 0 Å². The second-order valence-corrected chi connectivity index (χ2v) is 7.90. The molecule has 5 nitrogen and oxygen atoms in total. The summed E-state index contributed by atoms with van der Waals surface area (Å²) < 4.78 is 6.39. The molecule has 0 unspecified atom stereocenters. The topological polar surface area (TPSA) is 54.5 Å². The van der Waals surface area contributed by atoms with Crippen molar-refractivity contribution in [3.8, 4) is 0 Å². The molecule has 1 atom stereocenters. The molecule has 0 bridgehead atoms. The van der Waals surface area contributed by atoms with Crippen LogP contribution in [-0.4, -0.2) is 53.7 Å². The summed E-state index contributed by atoms with van der Waals surface area (Å²) in [5, 5.41) is 2.97. The number of rotatable bonds is 6. The van der Waals surface area contributed by atoms with Crippen molar-refractivity contribution in [3.05, 3.63) is 47.8 Å². The van der Waals surface area contributed by atoms with Gasteiger partial charge < -0.3 is 10.1 Å². The Balaban J connectivity index is 1.39. The van der Waals surface area contributed by atoms with Crippen LogP contribution in [0, 0.1) is 0 Å². The highest BCUT2D eigenvalue weighted by Gasteiger charge is 2.42. The zero-order chi connectivity index (χ0) is 19.1. The lowest BCUT2D eigenvalue weighted by atomic mass is 9.88. The van der Waals surface area contributed by atoms with Crippen molar-refractivity contribution in [1.82, 2.24) is 15.2 Å². The van der Waals surface area contributed by atoms with Crippen LogP contribution in [0.5, 0.6) is 0 Å². The molecular weight excluding hydrogens is 338 g/mol. The number of ether oxygens (including phenoxy) is 1. The van der Waals surface area contributed by atoms with Crippen molar-refractivity contribution >= 4 is 12.0 Å². The minimum atomic E-state index is -0.0760. The second kappa shape index (κ2) is 9.29. The molecule has 27 heavy (non-hydrogen) atoms. The third-order valence-electron chi connectivity index (χ3n) is 5.50. The zero-order valence-corrected chi connectivity index (χ0v) is 16.5. The van der Waals surface area contributed by atoms with Crippen LogP contribution >= 0.6 is 0 Å². The van der Waals surface area contributed by atoms with Gasteiger partial charge >= 0.3 is 0 Å². The lowest BCUT2D eigenvalue weighted by molar-refractivity contribution is -0.118. The second-order valence-electron chi connectivity index (χ2n) is 7.90. The standard InChI is InChI=1S/C22H31N3O2/c1-18(2)8-14-25-15-10-22(11-16-25)9-5-20(27-22)17-24-21(26)4-3-19-6-12-23-13-7-19/h3-4,6-8,12-13,20H,5,9-11,14-17H2,1-2H3,(H,24,26)/b4-3+/t20-/m0/s1. The lowest BCUT2D eigenvalue weighted by Crippen LogP contribution is -2.45. The largest absolute Gasteiger partial charge is 0.370 e. The number of carbonyl (C=O) groups is 1. The summed E-state index contributed by atoms with van der Waals surface area (Å²) in [7, 11) is 0.